The maximum Gasteiger partial charge on any atom is 0.331 e. The van der Waals surface area contributed by atoms with E-state index < -0.39 is 12.1 Å². The van der Waals surface area contributed by atoms with E-state index in [1.54, 1.807) is 6.08 Å². The quantitative estimate of drug-likeness (QED) is 0.413. The van der Waals surface area contributed by atoms with Crippen molar-refractivity contribution >= 4 is 18.1 Å². The van der Waals surface area contributed by atoms with Crippen LogP contribution in [0.15, 0.2) is 60.7 Å². The molecule has 4 atom stereocenters. The van der Waals surface area contributed by atoms with E-state index in [4.69, 9.17) is 23.7 Å². The summed E-state index contributed by atoms with van der Waals surface area (Å²) in [5.41, 5.74) is 1.98. The van der Waals surface area contributed by atoms with Gasteiger partial charge in [-0.2, -0.15) is 0 Å². The number of carbonyl (C=O) groups excluding carboxylic acids is 1. The number of benzene rings is 2. The van der Waals surface area contributed by atoms with E-state index in [0.717, 1.165) is 22.6 Å². The fourth-order valence-corrected chi connectivity index (χ4v) is 4.03. The summed E-state index contributed by atoms with van der Waals surface area (Å²) in [6.45, 7) is 6.06. The SMILES string of the molecule is CCOc1ccc(C=C[C@H]2CO[C@H]3[C@@H]2OC[C@H]3OC(=O)/C=C/c2ccc(OCC)cc2)cc1. The van der Waals surface area contributed by atoms with Crippen LogP contribution >= 0.6 is 0 Å². The first-order valence-electron chi connectivity index (χ1n) is 11.4. The molecule has 4 rings (SSSR count). The largest absolute Gasteiger partial charge is 0.494 e. The smallest absolute Gasteiger partial charge is 0.331 e. The zero-order valence-corrected chi connectivity index (χ0v) is 19.0. The molecule has 174 valence electrons. The summed E-state index contributed by atoms with van der Waals surface area (Å²) < 4.78 is 28.4. The van der Waals surface area contributed by atoms with Crippen LogP contribution in [0.1, 0.15) is 25.0 Å². The van der Waals surface area contributed by atoms with Crippen LogP contribution < -0.4 is 9.47 Å². The molecule has 0 spiro atoms. The Balaban J connectivity index is 1.28. The Morgan fingerprint density at radius 3 is 2.03 bits per heavy atom. The molecule has 0 saturated carbocycles. The number of ether oxygens (including phenoxy) is 5. The van der Waals surface area contributed by atoms with Gasteiger partial charge in [-0.05, 0) is 55.3 Å². The second-order valence-corrected chi connectivity index (χ2v) is 7.93. The van der Waals surface area contributed by atoms with E-state index >= 15 is 0 Å². The van der Waals surface area contributed by atoms with Gasteiger partial charge in [0.15, 0.2) is 6.10 Å². The molecule has 0 radical (unpaired) electrons. The lowest BCUT2D eigenvalue weighted by atomic mass is 9.99. The first-order chi connectivity index (χ1) is 16.2. The zero-order valence-electron chi connectivity index (χ0n) is 19.0. The lowest BCUT2D eigenvalue weighted by Crippen LogP contribution is -2.32. The third-order valence-electron chi connectivity index (χ3n) is 5.64. The third kappa shape index (κ3) is 6.03. The molecule has 0 amide bonds. The minimum Gasteiger partial charge on any atom is -0.494 e. The van der Waals surface area contributed by atoms with Crippen LogP contribution in [-0.2, 0) is 19.0 Å². The Morgan fingerprint density at radius 1 is 0.848 bits per heavy atom. The van der Waals surface area contributed by atoms with Gasteiger partial charge < -0.3 is 23.7 Å². The number of carbonyl (C=O) groups is 1. The predicted octanol–water partition coefficient (Wildman–Crippen LogP) is 4.54. The maximum absolute atomic E-state index is 12.3. The van der Waals surface area contributed by atoms with E-state index in [1.165, 1.54) is 6.08 Å². The molecule has 2 heterocycles. The number of esters is 1. The molecule has 2 aliphatic rings. The Bertz CT molecular complexity index is 963. The highest BCUT2D eigenvalue weighted by Crippen LogP contribution is 2.34. The van der Waals surface area contributed by atoms with Gasteiger partial charge >= 0.3 is 5.97 Å². The van der Waals surface area contributed by atoms with Crippen LogP contribution in [0.2, 0.25) is 0 Å². The highest BCUT2D eigenvalue weighted by Gasteiger charge is 2.48. The molecule has 2 aromatic carbocycles. The summed E-state index contributed by atoms with van der Waals surface area (Å²) in [7, 11) is 0. The summed E-state index contributed by atoms with van der Waals surface area (Å²) in [6.07, 6.45) is 6.56. The Morgan fingerprint density at radius 2 is 1.42 bits per heavy atom. The monoisotopic (exact) mass is 450 g/mol. The summed E-state index contributed by atoms with van der Waals surface area (Å²) in [6, 6.07) is 15.5. The average molecular weight is 451 g/mol. The van der Waals surface area contributed by atoms with Crippen molar-refractivity contribution in [1.82, 2.24) is 0 Å². The number of fused-ring (bicyclic) bond motifs is 1. The Kier molecular flexibility index (Phi) is 7.81. The topological polar surface area (TPSA) is 63.2 Å². The number of rotatable bonds is 9. The van der Waals surface area contributed by atoms with Gasteiger partial charge in [0.05, 0.1) is 32.5 Å². The van der Waals surface area contributed by atoms with Crippen LogP contribution in [0.5, 0.6) is 11.5 Å². The molecule has 6 heteroatoms. The number of hydrogen-bond acceptors (Lipinski definition) is 6. The van der Waals surface area contributed by atoms with Crippen molar-refractivity contribution in [3.63, 3.8) is 0 Å². The van der Waals surface area contributed by atoms with Crippen molar-refractivity contribution in [3.8, 4) is 11.5 Å². The van der Waals surface area contributed by atoms with Gasteiger partial charge in [-0.25, -0.2) is 4.79 Å². The first kappa shape index (κ1) is 23.1. The van der Waals surface area contributed by atoms with E-state index in [9.17, 15) is 4.79 Å². The summed E-state index contributed by atoms with van der Waals surface area (Å²) in [5, 5.41) is 0. The van der Waals surface area contributed by atoms with Crippen molar-refractivity contribution in [3.05, 3.63) is 71.8 Å². The molecule has 0 aliphatic carbocycles. The van der Waals surface area contributed by atoms with Gasteiger partial charge in [-0.3, -0.25) is 0 Å². The molecule has 0 bridgehead atoms. The van der Waals surface area contributed by atoms with Crippen LogP contribution in [-0.4, -0.2) is 50.7 Å². The minimum absolute atomic E-state index is 0.114. The second-order valence-electron chi connectivity index (χ2n) is 7.93. The van der Waals surface area contributed by atoms with Gasteiger partial charge in [0.2, 0.25) is 0 Å². The lowest BCUT2D eigenvalue weighted by molar-refractivity contribution is -0.147. The fourth-order valence-electron chi connectivity index (χ4n) is 4.03. The van der Waals surface area contributed by atoms with Crippen LogP contribution in [0, 0.1) is 5.92 Å². The second kappa shape index (κ2) is 11.2. The average Bonchev–Trinajstić information content (AvgIpc) is 3.42. The van der Waals surface area contributed by atoms with Gasteiger partial charge in [0.25, 0.3) is 0 Å². The summed E-state index contributed by atoms with van der Waals surface area (Å²) in [4.78, 5) is 12.3. The minimum atomic E-state index is -0.407. The van der Waals surface area contributed by atoms with E-state index in [0.29, 0.717) is 26.4 Å². The van der Waals surface area contributed by atoms with E-state index in [2.05, 4.69) is 12.2 Å². The van der Waals surface area contributed by atoms with Crippen molar-refractivity contribution < 1.29 is 28.5 Å². The first-order valence-corrected chi connectivity index (χ1v) is 11.4. The van der Waals surface area contributed by atoms with Crippen molar-refractivity contribution in [2.45, 2.75) is 32.2 Å². The van der Waals surface area contributed by atoms with Crippen molar-refractivity contribution in [2.24, 2.45) is 5.92 Å². The standard InChI is InChI=1S/C27H30O6/c1-3-29-22-12-6-19(7-13-22)5-11-21-17-31-27-24(18-32-26(21)27)33-25(28)16-10-20-8-14-23(15-9-20)30-4-2/h5-16,21,24,26-27H,3-4,17-18H2,1-2H3/b11-5?,16-10+/t21-,24+,26+,27+/m0/s1. The molecule has 2 aromatic rings. The molecule has 33 heavy (non-hydrogen) atoms. The molecule has 2 aliphatic heterocycles. The van der Waals surface area contributed by atoms with Crippen molar-refractivity contribution in [2.75, 3.05) is 26.4 Å². The molecule has 0 N–H and O–H groups in total. The molecule has 6 nitrogen and oxygen atoms in total. The van der Waals surface area contributed by atoms with Gasteiger partial charge in [0.1, 0.15) is 17.6 Å². The van der Waals surface area contributed by atoms with Gasteiger partial charge in [0, 0.05) is 12.0 Å². The molecule has 0 aromatic heterocycles. The van der Waals surface area contributed by atoms with Crippen molar-refractivity contribution in [1.29, 1.82) is 0 Å². The zero-order chi connectivity index (χ0) is 23.0. The normalized spacial score (nSPS) is 24.3. The van der Waals surface area contributed by atoms with E-state index in [1.807, 2.05) is 62.4 Å². The van der Waals surface area contributed by atoms with E-state index in [-0.39, 0.29) is 18.1 Å². The molecule has 0 unspecified atom stereocenters. The highest BCUT2D eigenvalue weighted by atomic mass is 16.6. The molecular weight excluding hydrogens is 420 g/mol. The summed E-state index contributed by atoms with van der Waals surface area (Å²) in [5.74, 6) is 1.37. The van der Waals surface area contributed by atoms with Crippen LogP contribution in [0.4, 0.5) is 0 Å². The van der Waals surface area contributed by atoms with Crippen LogP contribution in [0.25, 0.3) is 12.2 Å². The third-order valence-corrected chi connectivity index (χ3v) is 5.64. The Hall–Kier alpha value is -3.09. The lowest BCUT2D eigenvalue weighted by Gasteiger charge is -2.15. The Labute approximate surface area is 194 Å². The summed E-state index contributed by atoms with van der Waals surface area (Å²) >= 11 is 0. The fraction of sp³-hybridized carbons (Fsp3) is 0.370. The van der Waals surface area contributed by atoms with Gasteiger partial charge in [-0.15, -0.1) is 0 Å². The molecular formula is C27H30O6. The predicted molar refractivity (Wildman–Crippen MR) is 126 cm³/mol. The molecule has 2 fully saturated rings. The van der Waals surface area contributed by atoms with Gasteiger partial charge in [-0.1, -0.05) is 36.4 Å². The highest BCUT2D eigenvalue weighted by molar-refractivity contribution is 5.87. The number of hydrogen-bond donors (Lipinski definition) is 0. The maximum atomic E-state index is 12.3. The molecule has 2 saturated heterocycles. The van der Waals surface area contributed by atoms with Crippen LogP contribution in [0.3, 0.4) is 0 Å².